The number of anilines is 1. The first-order valence-electron chi connectivity index (χ1n) is 11.0. The summed E-state index contributed by atoms with van der Waals surface area (Å²) in [7, 11) is 0. The number of nitrogens with zero attached hydrogens (tertiary/aromatic N) is 2. The minimum absolute atomic E-state index is 0.0157. The molecule has 11 heteroatoms. The second-order valence-electron chi connectivity index (χ2n) is 8.50. The molecular formula is C24H27N5O6. The summed E-state index contributed by atoms with van der Waals surface area (Å²) in [5, 5.41) is 25.5. The maximum atomic E-state index is 12.8. The van der Waals surface area contributed by atoms with E-state index in [9.17, 15) is 24.8 Å². The Kier molecular flexibility index (Phi) is 8.16. The van der Waals surface area contributed by atoms with Crippen LogP contribution in [0.5, 0.6) is 5.75 Å². The van der Waals surface area contributed by atoms with Crippen LogP contribution in [0.4, 0.5) is 11.4 Å². The summed E-state index contributed by atoms with van der Waals surface area (Å²) in [5.74, 6) is -0.658. The lowest BCUT2D eigenvalue weighted by atomic mass is 10.0. The molecule has 1 heterocycles. The summed E-state index contributed by atoms with van der Waals surface area (Å²) in [6, 6.07) is 10.5. The number of nitrogens with one attached hydrogen (secondary N) is 2. The van der Waals surface area contributed by atoms with Crippen molar-refractivity contribution in [1.82, 2.24) is 10.3 Å². The minimum atomic E-state index is -0.872. The molecule has 2 aromatic carbocycles. The standard InChI is InChI=1S/C24H27N5O6/c1-14(2)11-20(22(31)26-16-5-7-17(8-6-16)29(33)34)27-23(32)21-13-35-24(28-21)19(25)12-15-3-9-18(30)10-4-15/h3-10,13-14,19-20,30H,11-12,25H2,1-2H3,(H,26,31)(H,27,32). The van der Waals surface area contributed by atoms with Crippen LogP contribution in [0.3, 0.4) is 0 Å². The third kappa shape index (κ3) is 7.11. The first-order valence-corrected chi connectivity index (χ1v) is 11.0. The summed E-state index contributed by atoms with van der Waals surface area (Å²) in [6.45, 7) is 3.82. The fraction of sp³-hybridized carbons (Fsp3) is 0.292. The van der Waals surface area contributed by atoms with Crippen molar-refractivity contribution < 1.29 is 24.0 Å². The number of nitrogens with two attached hydrogens (primary N) is 1. The fourth-order valence-electron chi connectivity index (χ4n) is 3.37. The smallest absolute Gasteiger partial charge is 0.273 e. The van der Waals surface area contributed by atoms with Crippen LogP contribution in [0.15, 0.2) is 59.2 Å². The molecule has 184 valence electrons. The van der Waals surface area contributed by atoms with E-state index in [2.05, 4.69) is 15.6 Å². The Hall–Kier alpha value is -4.25. The van der Waals surface area contributed by atoms with Gasteiger partial charge in [0, 0.05) is 17.8 Å². The van der Waals surface area contributed by atoms with Crippen molar-refractivity contribution in [1.29, 1.82) is 0 Å². The van der Waals surface area contributed by atoms with Gasteiger partial charge in [0.2, 0.25) is 11.8 Å². The number of hydrogen-bond acceptors (Lipinski definition) is 8. The molecule has 0 fully saturated rings. The number of phenolic OH excluding ortho intramolecular Hbond substituents is 1. The predicted octanol–water partition coefficient (Wildman–Crippen LogP) is 3.31. The summed E-state index contributed by atoms with van der Waals surface area (Å²) < 4.78 is 5.39. The molecule has 2 atom stereocenters. The molecular weight excluding hydrogens is 454 g/mol. The zero-order valence-corrected chi connectivity index (χ0v) is 19.3. The molecule has 2 unspecified atom stereocenters. The van der Waals surface area contributed by atoms with Crippen LogP contribution in [0.25, 0.3) is 0 Å². The van der Waals surface area contributed by atoms with E-state index in [1.165, 1.54) is 30.5 Å². The molecule has 1 aromatic heterocycles. The lowest BCUT2D eigenvalue weighted by molar-refractivity contribution is -0.384. The molecule has 0 saturated heterocycles. The first-order chi connectivity index (χ1) is 16.6. The van der Waals surface area contributed by atoms with E-state index in [-0.39, 0.29) is 28.9 Å². The average Bonchev–Trinajstić information content (AvgIpc) is 3.31. The first kappa shape index (κ1) is 25.4. The molecule has 0 aliphatic rings. The molecule has 0 aliphatic carbocycles. The Balaban J connectivity index is 1.65. The number of benzene rings is 2. The number of aromatic nitrogens is 1. The molecule has 0 bridgehead atoms. The van der Waals surface area contributed by atoms with Crippen molar-refractivity contribution in [3.05, 3.63) is 82.1 Å². The molecule has 5 N–H and O–H groups in total. The van der Waals surface area contributed by atoms with Gasteiger partial charge in [0.25, 0.3) is 11.6 Å². The maximum absolute atomic E-state index is 12.8. The van der Waals surface area contributed by atoms with Crippen LogP contribution >= 0.6 is 0 Å². The molecule has 0 spiro atoms. The van der Waals surface area contributed by atoms with Crippen LogP contribution in [-0.4, -0.2) is 32.9 Å². The zero-order chi connectivity index (χ0) is 25.5. The Morgan fingerprint density at radius 2 is 1.80 bits per heavy atom. The largest absolute Gasteiger partial charge is 0.508 e. The summed E-state index contributed by atoms with van der Waals surface area (Å²) >= 11 is 0. The number of nitro benzene ring substituents is 1. The van der Waals surface area contributed by atoms with Gasteiger partial charge in [0.15, 0.2) is 5.69 Å². The van der Waals surface area contributed by atoms with Crippen LogP contribution < -0.4 is 16.4 Å². The SMILES string of the molecule is CC(C)CC(NC(=O)c1coc(C(N)Cc2ccc(O)cc2)n1)C(=O)Nc1ccc([N+](=O)[O-])cc1. The topological polar surface area (TPSA) is 174 Å². The number of hydrogen-bond donors (Lipinski definition) is 4. The maximum Gasteiger partial charge on any atom is 0.273 e. The quantitative estimate of drug-likeness (QED) is 0.252. The molecule has 2 amide bonds. The van der Waals surface area contributed by atoms with Crippen molar-refractivity contribution in [2.24, 2.45) is 11.7 Å². The number of oxazole rings is 1. The van der Waals surface area contributed by atoms with E-state index in [4.69, 9.17) is 10.2 Å². The minimum Gasteiger partial charge on any atom is -0.508 e. The highest BCUT2D eigenvalue weighted by Gasteiger charge is 2.25. The van der Waals surface area contributed by atoms with E-state index in [0.717, 1.165) is 5.56 Å². The van der Waals surface area contributed by atoms with E-state index in [1.54, 1.807) is 24.3 Å². The van der Waals surface area contributed by atoms with Gasteiger partial charge in [0.1, 0.15) is 18.1 Å². The molecule has 3 aromatic rings. The second-order valence-corrected chi connectivity index (χ2v) is 8.50. The number of carbonyl (C=O) groups excluding carboxylic acids is 2. The molecule has 0 radical (unpaired) electrons. The number of rotatable bonds is 10. The molecule has 35 heavy (non-hydrogen) atoms. The van der Waals surface area contributed by atoms with Gasteiger partial charge in [-0.15, -0.1) is 0 Å². The second kappa shape index (κ2) is 11.3. The van der Waals surface area contributed by atoms with Gasteiger partial charge in [-0.1, -0.05) is 26.0 Å². The molecule has 0 saturated carbocycles. The van der Waals surface area contributed by atoms with Gasteiger partial charge < -0.3 is 25.9 Å². The Labute approximate surface area is 201 Å². The van der Waals surface area contributed by atoms with Crippen molar-refractivity contribution in [3.8, 4) is 5.75 Å². The number of non-ortho nitro benzene ring substituents is 1. The van der Waals surface area contributed by atoms with E-state index in [1.807, 2.05) is 13.8 Å². The average molecular weight is 482 g/mol. The number of nitro groups is 1. The van der Waals surface area contributed by atoms with Crippen LogP contribution in [0, 0.1) is 16.0 Å². The van der Waals surface area contributed by atoms with E-state index in [0.29, 0.717) is 18.5 Å². The highest BCUT2D eigenvalue weighted by molar-refractivity contribution is 6.00. The van der Waals surface area contributed by atoms with Gasteiger partial charge in [-0.3, -0.25) is 19.7 Å². The number of aromatic hydroxyl groups is 1. The van der Waals surface area contributed by atoms with Crippen LogP contribution in [0.1, 0.15) is 48.3 Å². The highest BCUT2D eigenvalue weighted by atomic mass is 16.6. The number of carbonyl (C=O) groups is 2. The lowest BCUT2D eigenvalue weighted by Gasteiger charge is -2.19. The molecule has 3 rings (SSSR count). The van der Waals surface area contributed by atoms with Crippen molar-refractivity contribution >= 4 is 23.2 Å². The third-order valence-electron chi connectivity index (χ3n) is 5.14. The predicted molar refractivity (Wildman–Crippen MR) is 128 cm³/mol. The van der Waals surface area contributed by atoms with Gasteiger partial charge in [-0.25, -0.2) is 4.98 Å². The number of phenols is 1. The van der Waals surface area contributed by atoms with Gasteiger partial charge in [0.05, 0.1) is 11.0 Å². The van der Waals surface area contributed by atoms with E-state index < -0.39 is 28.8 Å². The number of amides is 2. The fourth-order valence-corrected chi connectivity index (χ4v) is 3.37. The summed E-state index contributed by atoms with van der Waals surface area (Å²) in [5.41, 5.74) is 7.27. The summed E-state index contributed by atoms with van der Waals surface area (Å²) in [4.78, 5) is 40.1. The lowest BCUT2D eigenvalue weighted by Crippen LogP contribution is -2.44. The third-order valence-corrected chi connectivity index (χ3v) is 5.14. The zero-order valence-electron chi connectivity index (χ0n) is 19.3. The van der Waals surface area contributed by atoms with Crippen LogP contribution in [0.2, 0.25) is 0 Å². The Morgan fingerprint density at radius 3 is 2.40 bits per heavy atom. The van der Waals surface area contributed by atoms with E-state index >= 15 is 0 Å². The molecule has 11 nitrogen and oxygen atoms in total. The van der Waals surface area contributed by atoms with Crippen LogP contribution in [-0.2, 0) is 11.2 Å². The van der Waals surface area contributed by atoms with Crippen molar-refractivity contribution in [2.45, 2.75) is 38.8 Å². The van der Waals surface area contributed by atoms with Gasteiger partial charge >= 0.3 is 0 Å². The van der Waals surface area contributed by atoms with Crippen molar-refractivity contribution in [3.63, 3.8) is 0 Å². The van der Waals surface area contributed by atoms with Gasteiger partial charge in [-0.05, 0) is 48.6 Å². The molecule has 0 aliphatic heterocycles. The Bertz CT molecular complexity index is 1170. The van der Waals surface area contributed by atoms with Crippen molar-refractivity contribution in [2.75, 3.05) is 5.32 Å². The Morgan fingerprint density at radius 1 is 1.14 bits per heavy atom. The summed E-state index contributed by atoms with van der Waals surface area (Å²) in [6.07, 6.45) is 1.92. The highest BCUT2D eigenvalue weighted by Crippen LogP contribution is 2.19. The monoisotopic (exact) mass is 481 g/mol. The van der Waals surface area contributed by atoms with Gasteiger partial charge in [-0.2, -0.15) is 0 Å². The normalized spacial score (nSPS) is 12.7.